The van der Waals surface area contributed by atoms with E-state index in [9.17, 15) is 4.39 Å². The highest BCUT2D eigenvalue weighted by Gasteiger charge is 1.99. The third-order valence-corrected chi connectivity index (χ3v) is 1.77. The molecule has 0 saturated heterocycles. The summed E-state index contributed by atoms with van der Waals surface area (Å²) in [5.41, 5.74) is 7.47. The molecule has 1 aromatic carbocycles. The lowest BCUT2D eigenvalue weighted by Gasteiger charge is -2.03. The van der Waals surface area contributed by atoms with Gasteiger partial charge in [-0.05, 0) is 29.7 Å². The number of benzene rings is 1. The topological polar surface area (TPSA) is 26.0 Å². The molecule has 60 valence electrons. The summed E-state index contributed by atoms with van der Waals surface area (Å²) in [7, 11) is 0. The fourth-order valence-electron chi connectivity index (χ4n) is 1.13. The Hall–Kier alpha value is -0.890. The molecule has 0 saturated carbocycles. The van der Waals surface area contributed by atoms with Crippen molar-refractivity contribution < 1.29 is 4.39 Å². The molecule has 0 unspecified atom stereocenters. The van der Waals surface area contributed by atoms with E-state index in [1.54, 1.807) is 6.07 Å². The highest BCUT2D eigenvalue weighted by atomic mass is 19.1. The lowest BCUT2D eigenvalue weighted by atomic mass is 10.1. The number of nitrogens with two attached hydrogens (primary N) is 1. The Morgan fingerprint density at radius 2 is 2.09 bits per heavy atom. The number of halogens is 1. The minimum atomic E-state index is -0.206. The van der Waals surface area contributed by atoms with E-state index in [1.165, 1.54) is 12.1 Å². The Morgan fingerprint density at radius 1 is 1.36 bits per heavy atom. The van der Waals surface area contributed by atoms with Crippen molar-refractivity contribution in [3.8, 4) is 0 Å². The fraction of sp³-hybridized carbons (Fsp3) is 0.333. The molecule has 2 N–H and O–H groups in total. The number of aryl methyl sites for hydroxylation is 1. The van der Waals surface area contributed by atoms with E-state index >= 15 is 0 Å². The zero-order valence-corrected chi connectivity index (χ0v) is 6.60. The minimum absolute atomic E-state index is 0.206. The summed E-state index contributed by atoms with van der Waals surface area (Å²) in [6.45, 7) is 2.45. The van der Waals surface area contributed by atoms with Crippen molar-refractivity contribution in [2.75, 3.05) is 0 Å². The van der Waals surface area contributed by atoms with Gasteiger partial charge in [-0.15, -0.1) is 0 Å². The van der Waals surface area contributed by atoms with E-state index in [2.05, 4.69) is 0 Å². The van der Waals surface area contributed by atoms with E-state index in [0.29, 0.717) is 6.54 Å². The van der Waals surface area contributed by atoms with Crippen molar-refractivity contribution in [2.45, 2.75) is 19.9 Å². The zero-order valence-electron chi connectivity index (χ0n) is 6.60. The van der Waals surface area contributed by atoms with Gasteiger partial charge in [0.05, 0.1) is 0 Å². The van der Waals surface area contributed by atoms with Crippen LogP contribution in [0.1, 0.15) is 18.1 Å². The van der Waals surface area contributed by atoms with Gasteiger partial charge in [0.1, 0.15) is 5.82 Å². The molecule has 1 rings (SSSR count). The zero-order chi connectivity index (χ0) is 8.27. The molecular formula is C9H12FN. The Balaban J connectivity index is 3.06. The first-order valence-electron chi connectivity index (χ1n) is 3.75. The molecule has 1 aromatic rings. The average molecular weight is 153 g/mol. The lowest BCUT2D eigenvalue weighted by Crippen LogP contribution is -2.01. The van der Waals surface area contributed by atoms with Gasteiger partial charge in [0.25, 0.3) is 0 Å². The normalized spacial score (nSPS) is 10.1. The predicted octanol–water partition coefficient (Wildman–Crippen LogP) is 1.85. The summed E-state index contributed by atoms with van der Waals surface area (Å²) in [6.07, 6.45) is 0.910. The van der Waals surface area contributed by atoms with Crippen LogP contribution in [-0.2, 0) is 13.0 Å². The van der Waals surface area contributed by atoms with Crippen LogP contribution in [0.5, 0.6) is 0 Å². The highest BCUT2D eigenvalue weighted by molar-refractivity contribution is 5.27. The molecule has 0 heterocycles. The Morgan fingerprint density at radius 3 is 2.64 bits per heavy atom. The summed E-state index contributed by atoms with van der Waals surface area (Å²) in [6, 6.07) is 4.76. The smallest absolute Gasteiger partial charge is 0.123 e. The molecule has 11 heavy (non-hydrogen) atoms. The van der Waals surface area contributed by atoms with E-state index in [1.807, 2.05) is 6.92 Å². The first-order chi connectivity index (χ1) is 5.27. The molecular weight excluding hydrogens is 141 g/mol. The maximum absolute atomic E-state index is 12.6. The van der Waals surface area contributed by atoms with Crippen LogP contribution < -0.4 is 5.73 Å². The first-order valence-corrected chi connectivity index (χ1v) is 3.75. The van der Waals surface area contributed by atoms with Crippen LogP contribution in [0.25, 0.3) is 0 Å². The van der Waals surface area contributed by atoms with Gasteiger partial charge in [-0.25, -0.2) is 4.39 Å². The van der Waals surface area contributed by atoms with Crippen LogP contribution in [0.3, 0.4) is 0 Å². The Kier molecular flexibility index (Phi) is 2.60. The van der Waals surface area contributed by atoms with E-state index < -0.39 is 0 Å². The van der Waals surface area contributed by atoms with Gasteiger partial charge >= 0.3 is 0 Å². The second-order valence-corrected chi connectivity index (χ2v) is 2.47. The lowest BCUT2D eigenvalue weighted by molar-refractivity contribution is 0.624. The monoisotopic (exact) mass is 153 g/mol. The number of hydrogen-bond donors (Lipinski definition) is 1. The molecule has 0 fully saturated rings. The average Bonchev–Trinajstić information content (AvgIpc) is 2.04. The van der Waals surface area contributed by atoms with Crippen molar-refractivity contribution in [3.05, 3.63) is 35.1 Å². The van der Waals surface area contributed by atoms with Crippen LogP contribution >= 0.6 is 0 Å². The maximum Gasteiger partial charge on any atom is 0.123 e. The van der Waals surface area contributed by atoms with Crippen LogP contribution in [0.4, 0.5) is 4.39 Å². The SMILES string of the molecule is CCc1ccc(F)cc1CN. The van der Waals surface area contributed by atoms with Crippen LogP contribution in [0, 0.1) is 5.82 Å². The molecule has 0 aliphatic rings. The number of rotatable bonds is 2. The van der Waals surface area contributed by atoms with Crippen molar-refractivity contribution in [3.63, 3.8) is 0 Å². The van der Waals surface area contributed by atoms with Gasteiger partial charge in [-0.2, -0.15) is 0 Å². The highest BCUT2D eigenvalue weighted by Crippen LogP contribution is 2.10. The molecule has 0 aromatic heterocycles. The minimum Gasteiger partial charge on any atom is -0.326 e. The summed E-state index contributed by atoms with van der Waals surface area (Å²) in [5, 5.41) is 0. The molecule has 0 radical (unpaired) electrons. The molecule has 0 aliphatic heterocycles. The predicted molar refractivity (Wildman–Crippen MR) is 43.7 cm³/mol. The Labute approximate surface area is 66.0 Å². The molecule has 0 bridgehead atoms. The van der Waals surface area contributed by atoms with Crippen molar-refractivity contribution in [2.24, 2.45) is 5.73 Å². The Bertz CT molecular complexity index is 245. The van der Waals surface area contributed by atoms with Gasteiger partial charge < -0.3 is 5.73 Å². The second-order valence-electron chi connectivity index (χ2n) is 2.47. The van der Waals surface area contributed by atoms with Gasteiger partial charge in [-0.1, -0.05) is 13.0 Å². The number of hydrogen-bond acceptors (Lipinski definition) is 1. The van der Waals surface area contributed by atoms with Crippen LogP contribution in [0.2, 0.25) is 0 Å². The molecule has 2 heteroatoms. The standard InChI is InChI=1S/C9H12FN/c1-2-7-3-4-9(10)5-8(7)6-11/h3-5H,2,6,11H2,1H3. The van der Waals surface area contributed by atoms with Crippen molar-refractivity contribution in [1.82, 2.24) is 0 Å². The molecule has 1 nitrogen and oxygen atoms in total. The maximum atomic E-state index is 12.6. The van der Waals surface area contributed by atoms with Gasteiger partial charge in [0.15, 0.2) is 0 Å². The van der Waals surface area contributed by atoms with Crippen molar-refractivity contribution >= 4 is 0 Å². The van der Waals surface area contributed by atoms with E-state index in [4.69, 9.17) is 5.73 Å². The second kappa shape index (κ2) is 3.49. The fourth-order valence-corrected chi connectivity index (χ4v) is 1.13. The summed E-state index contributed by atoms with van der Waals surface area (Å²) in [5.74, 6) is -0.206. The molecule has 0 atom stereocenters. The van der Waals surface area contributed by atoms with E-state index in [-0.39, 0.29) is 5.82 Å². The molecule has 0 amide bonds. The summed E-state index contributed by atoms with van der Waals surface area (Å²) >= 11 is 0. The van der Waals surface area contributed by atoms with Crippen molar-refractivity contribution in [1.29, 1.82) is 0 Å². The summed E-state index contributed by atoms with van der Waals surface area (Å²) < 4.78 is 12.6. The largest absolute Gasteiger partial charge is 0.326 e. The van der Waals surface area contributed by atoms with Gasteiger partial charge in [-0.3, -0.25) is 0 Å². The third-order valence-electron chi connectivity index (χ3n) is 1.77. The van der Waals surface area contributed by atoms with Gasteiger partial charge in [0, 0.05) is 6.54 Å². The van der Waals surface area contributed by atoms with E-state index in [0.717, 1.165) is 17.5 Å². The third kappa shape index (κ3) is 1.77. The quantitative estimate of drug-likeness (QED) is 0.689. The summed E-state index contributed by atoms with van der Waals surface area (Å²) in [4.78, 5) is 0. The van der Waals surface area contributed by atoms with Crippen LogP contribution in [-0.4, -0.2) is 0 Å². The first kappa shape index (κ1) is 8.21. The molecule has 0 spiro atoms. The van der Waals surface area contributed by atoms with Crippen LogP contribution in [0.15, 0.2) is 18.2 Å². The molecule has 0 aliphatic carbocycles. The van der Waals surface area contributed by atoms with Gasteiger partial charge in [0.2, 0.25) is 0 Å².